The van der Waals surface area contributed by atoms with Gasteiger partial charge in [-0.1, -0.05) is 0 Å². The SMILES string of the molecule is Fc1c(F)c(F)c(O[C@H]2C[C@H]3CC[C@@H](C2)N3)c(F)c1F. The number of piperidine rings is 1. The van der Waals surface area contributed by atoms with Crippen molar-refractivity contribution in [2.45, 2.75) is 43.9 Å². The van der Waals surface area contributed by atoms with Crippen molar-refractivity contribution in [2.75, 3.05) is 0 Å². The minimum absolute atomic E-state index is 0.181. The van der Waals surface area contributed by atoms with E-state index in [9.17, 15) is 22.0 Å². The van der Waals surface area contributed by atoms with E-state index in [2.05, 4.69) is 5.32 Å². The van der Waals surface area contributed by atoms with E-state index in [0.717, 1.165) is 12.8 Å². The molecule has 2 heterocycles. The van der Waals surface area contributed by atoms with Gasteiger partial charge in [0.15, 0.2) is 5.75 Å². The van der Waals surface area contributed by atoms with E-state index >= 15 is 0 Å². The zero-order chi connectivity index (χ0) is 14.4. The van der Waals surface area contributed by atoms with Crippen LogP contribution in [0.2, 0.25) is 0 Å². The third kappa shape index (κ3) is 2.13. The smallest absolute Gasteiger partial charge is 0.207 e. The molecule has 0 aromatic heterocycles. The number of fused-ring (bicyclic) bond motifs is 2. The summed E-state index contributed by atoms with van der Waals surface area (Å²) in [6, 6.07) is 0.361. The molecule has 0 unspecified atom stereocenters. The first-order valence-electron chi connectivity index (χ1n) is 6.41. The Bertz CT molecular complexity index is 509. The zero-order valence-corrected chi connectivity index (χ0v) is 10.4. The van der Waals surface area contributed by atoms with Gasteiger partial charge in [-0.15, -0.1) is 0 Å². The number of hydrogen-bond acceptors (Lipinski definition) is 2. The second-order valence-electron chi connectivity index (χ2n) is 5.25. The Labute approximate surface area is 111 Å². The van der Waals surface area contributed by atoms with Crippen LogP contribution in [-0.4, -0.2) is 18.2 Å². The monoisotopic (exact) mass is 293 g/mol. The van der Waals surface area contributed by atoms with Crippen LogP contribution >= 0.6 is 0 Å². The van der Waals surface area contributed by atoms with Crippen molar-refractivity contribution < 1.29 is 26.7 Å². The van der Waals surface area contributed by atoms with Gasteiger partial charge in [-0.05, 0) is 25.7 Å². The summed E-state index contributed by atoms with van der Waals surface area (Å²) in [6.45, 7) is 0. The maximum Gasteiger partial charge on any atom is 0.207 e. The Morgan fingerprint density at radius 3 is 1.70 bits per heavy atom. The molecule has 0 saturated carbocycles. The second-order valence-corrected chi connectivity index (χ2v) is 5.25. The lowest BCUT2D eigenvalue weighted by Crippen LogP contribution is -2.42. The predicted octanol–water partition coefficient (Wildman–Crippen LogP) is 3.04. The van der Waals surface area contributed by atoms with Crippen molar-refractivity contribution >= 4 is 0 Å². The average molecular weight is 293 g/mol. The molecule has 1 aromatic carbocycles. The van der Waals surface area contributed by atoms with Gasteiger partial charge in [0.2, 0.25) is 29.1 Å². The summed E-state index contributed by atoms with van der Waals surface area (Å²) in [7, 11) is 0. The quantitative estimate of drug-likeness (QED) is 0.514. The van der Waals surface area contributed by atoms with E-state index < -0.39 is 40.9 Å². The first-order chi connectivity index (χ1) is 9.47. The molecule has 1 N–H and O–H groups in total. The number of benzene rings is 1. The van der Waals surface area contributed by atoms with Gasteiger partial charge in [-0.2, -0.15) is 8.78 Å². The van der Waals surface area contributed by atoms with Crippen molar-refractivity contribution in [3.05, 3.63) is 29.1 Å². The molecule has 3 atom stereocenters. The van der Waals surface area contributed by atoms with Gasteiger partial charge in [0.05, 0.1) is 0 Å². The summed E-state index contributed by atoms with van der Waals surface area (Å²) in [6.07, 6.45) is 2.32. The van der Waals surface area contributed by atoms with Gasteiger partial charge in [0, 0.05) is 12.1 Å². The Balaban J connectivity index is 1.87. The van der Waals surface area contributed by atoms with Gasteiger partial charge < -0.3 is 10.1 Å². The molecule has 2 aliphatic heterocycles. The Hall–Kier alpha value is -1.37. The fourth-order valence-electron chi connectivity index (χ4n) is 2.96. The topological polar surface area (TPSA) is 21.3 Å². The molecule has 0 spiro atoms. The van der Waals surface area contributed by atoms with Crippen molar-refractivity contribution in [1.29, 1.82) is 0 Å². The normalized spacial score (nSPS) is 28.8. The minimum Gasteiger partial charge on any atom is -0.484 e. The molecule has 2 saturated heterocycles. The van der Waals surface area contributed by atoms with E-state index in [0.29, 0.717) is 12.8 Å². The lowest BCUT2D eigenvalue weighted by atomic mass is 10.0. The molecule has 20 heavy (non-hydrogen) atoms. The molecule has 0 radical (unpaired) electrons. The highest BCUT2D eigenvalue weighted by Crippen LogP contribution is 2.34. The molecule has 0 amide bonds. The number of hydrogen-bond donors (Lipinski definition) is 1. The summed E-state index contributed by atoms with van der Waals surface area (Å²) in [5, 5.41) is 3.29. The van der Waals surface area contributed by atoms with Gasteiger partial charge in [-0.25, -0.2) is 13.2 Å². The van der Waals surface area contributed by atoms with Crippen LogP contribution < -0.4 is 10.1 Å². The Morgan fingerprint density at radius 2 is 1.20 bits per heavy atom. The molecular formula is C13H12F5NO. The molecule has 110 valence electrons. The van der Waals surface area contributed by atoms with Crippen LogP contribution in [0.3, 0.4) is 0 Å². The standard InChI is InChI=1S/C13H12F5NO/c14-8-9(15)11(17)13(12(18)10(8)16)20-7-3-5-1-2-6(4-7)19-5/h5-7,19H,1-4H2/t5-,6+,7+. The van der Waals surface area contributed by atoms with Crippen LogP contribution in [0.15, 0.2) is 0 Å². The van der Waals surface area contributed by atoms with Crippen LogP contribution in [0.1, 0.15) is 25.7 Å². The highest BCUT2D eigenvalue weighted by atomic mass is 19.2. The largest absolute Gasteiger partial charge is 0.484 e. The van der Waals surface area contributed by atoms with E-state index in [1.165, 1.54) is 0 Å². The fourth-order valence-corrected chi connectivity index (χ4v) is 2.96. The molecule has 2 bridgehead atoms. The summed E-state index contributed by atoms with van der Waals surface area (Å²) in [5.74, 6) is -11.1. The first-order valence-corrected chi connectivity index (χ1v) is 6.41. The highest BCUT2D eigenvalue weighted by molar-refractivity contribution is 5.30. The summed E-state index contributed by atoms with van der Waals surface area (Å²) < 4.78 is 71.1. The van der Waals surface area contributed by atoms with Gasteiger partial charge in [0.1, 0.15) is 6.10 Å². The molecule has 7 heteroatoms. The molecule has 3 rings (SSSR count). The van der Waals surface area contributed by atoms with Crippen LogP contribution in [0.5, 0.6) is 5.75 Å². The summed E-state index contributed by atoms with van der Waals surface area (Å²) in [4.78, 5) is 0. The minimum atomic E-state index is -2.17. The molecule has 2 fully saturated rings. The maximum atomic E-state index is 13.5. The van der Waals surface area contributed by atoms with E-state index in [1.807, 2.05) is 0 Å². The van der Waals surface area contributed by atoms with Crippen molar-refractivity contribution in [1.82, 2.24) is 5.32 Å². The molecule has 2 nitrogen and oxygen atoms in total. The average Bonchev–Trinajstić information content (AvgIpc) is 2.78. The summed E-state index contributed by atoms with van der Waals surface area (Å²) >= 11 is 0. The predicted molar refractivity (Wildman–Crippen MR) is 59.8 cm³/mol. The number of nitrogens with one attached hydrogen (secondary N) is 1. The van der Waals surface area contributed by atoms with Gasteiger partial charge in [-0.3, -0.25) is 0 Å². The second kappa shape index (κ2) is 4.87. The number of ether oxygens (including phenoxy) is 1. The molecular weight excluding hydrogens is 281 g/mol. The maximum absolute atomic E-state index is 13.5. The van der Waals surface area contributed by atoms with Crippen molar-refractivity contribution in [2.24, 2.45) is 0 Å². The van der Waals surface area contributed by atoms with Crippen LogP contribution in [-0.2, 0) is 0 Å². The molecule has 1 aromatic rings. The Kier molecular flexibility index (Phi) is 3.32. The van der Waals surface area contributed by atoms with Crippen LogP contribution in [0, 0.1) is 29.1 Å². The molecule has 0 aliphatic carbocycles. The Morgan fingerprint density at radius 1 is 0.750 bits per heavy atom. The third-order valence-electron chi connectivity index (χ3n) is 3.88. The fraction of sp³-hybridized carbons (Fsp3) is 0.538. The third-order valence-corrected chi connectivity index (χ3v) is 3.88. The zero-order valence-electron chi connectivity index (χ0n) is 10.4. The molecule has 2 aliphatic rings. The first kappa shape index (κ1) is 13.6. The number of rotatable bonds is 2. The van der Waals surface area contributed by atoms with Crippen LogP contribution in [0.25, 0.3) is 0 Å². The number of halogens is 5. The van der Waals surface area contributed by atoms with Crippen molar-refractivity contribution in [3.63, 3.8) is 0 Å². The van der Waals surface area contributed by atoms with E-state index in [-0.39, 0.29) is 12.1 Å². The highest BCUT2D eigenvalue weighted by Gasteiger charge is 2.36. The van der Waals surface area contributed by atoms with Gasteiger partial charge in [0.25, 0.3) is 0 Å². The summed E-state index contributed by atoms with van der Waals surface area (Å²) in [5.41, 5.74) is 0. The van der Waals surface area contributed by atoms with Gasteiger partial charge >= 0.3 is 0 Å². The lowest BCUT2D eigenvalue weighted by Gasteiger charge is -2.29. The lowest BCUT2D eigenvalue weighted by molar-refractivity contribution is 0.122. The van der Waals surface area contributed by atoms with Crippen molar-refractivity contribution in [3.8, 4) is 5.75 Å². The van der Waals surface area contributed by atoms with Crippen LogP contribution in [0.4, 0.5) is 22.0 Å². The van der Waals surface area contributed by atoms with E-state index in [4.69, 9.17) is 4.74 Å². The van der Waals surface area contributed by atoms with E-state index in [1.54, 1.807) is 0 Å².